The first-order chi connectivity index (χ1) is 12.2. The van der Waals surface area contributed by atoms with Gasteiger partial charge in [0.2, 0.25) is 10.4 Å². The maximum atomic E-state index is 12.3. The van der Waals surface area contributed by atoms with Crippen LogP contribution in [-0.4, -0.2) is 42.0 Å². The van der Waals surface area contributed by atoms with Gasteiger partial charge in [0, 0.05) is 23.0 Å². The molecule has 0 spiro atoms. The Bertz CT molecular complexity index is 865. The molecule has 142 valence electrons. The number of esters is 1. The second-order valence-electron chi connectivity index (χ2n) is 5.46. The average Bonchev–Trinajstić information content (AvgIpc) is 3.03. The molecular formula is C16H17ClKNO6S2. The van der Waals surface area contributed by atoms with E-state index in [0.717, 1.165) is 25.1 Å². The summed E-state index contributed by atoms with van der Waals surface area (Å²) >= 11 is 8.07. The van der Waals surface area contributed by atoms with Crippen LogP contribution in [0.15, 0.2) is 35.7 Å². The maximum absolute atomic E-state index is 12.3. The van der Waals surface area contributed by atoms with Crippen molar-refractivity contribution in [3.8, 4) is 0 Å². The van der Waals surface area contributed by atoms with Crippen molar-refractivity contribution in [2.24, 2.45) is 0 Å². The Kier molecular flexibility index (Phi) is 10.6. The Hall–Kier alpha value is 0.146. The van der Waals surface area contributed by atoms with E-state index in [4.69, 9.17) is 33.9 Å². The van der Waals surface area contributed by atoms with E-state index in [1.165, 1.54) is 17.6 Å². The summed E-state index contributed by atoms with van der Waals surface area (Å²) in [7, 11) is -3.49. The minimum Gasteiger partial charge on any atom is -0.726 e. The number of hydrogen-bond acceptors (Lipinski definition) is 7. The molecule has 2 heterocycles. The Labute approximate surface area is 209 Å². The molecule has 0 unspecified atom stereocenters. The van der Waals surface area contributed by atoms with Crippen molar-refractivity contribution in [3.63, 3.8) is 0 Å². The van der Waals surface area contributed by atoms with E-state index in [2.05, 4.69) is 16.3 Å². The van der Waals surface area contributed by atoms with Crippen LogP contribution in [0.25, 0.3) is 0 Å². The number of benzene rings is 1. The summed E-state index contributed by atoms with van der Waals surface area (Å²) in [5.74, 6) is -0.262. The predicted molar refractivity (Wildman–Crippen MR) is 97.0 cm³/mol. The van der Waals surface area contributed by atoms with Gasteiger partial charge in [0.15, 0.2) is 0 Å². The molecular weight excluding hydrogens is 441 g/mol. The standard InChI is InChI=1S/C16H16ClNO2S.K.H2O4S/c1-20-16(19)15(12-4-2-3-5-13(12)17)18-8-6-14-11(10-18)7-9-21-14;;1-5(2,3)4/h2-5,7,9,15H,6,8,10H2,1H3;;(H2,1,2,3,4)/q;+1;/p-1/t15-;;/m0../s1. The number of halogens is 1. The molecule has 11 heteroatoms. The van der Waals surface area contributed by atoms with Gasteiger partial charge in [0.05, 0.1) is 7.11 Å². The summed E-state index contributed by atoms with van der Waals surface area (Å²) in [5.41, 5.74) is 2.11. The predicted octanol–water partition coefficient (Wildman–Crippen LogP) is -0.317. The van der Waals surface area contributed by atoms with Gasteiger partial charge in [-0.1, -0.05) is 29.8 Å². The minimum atomic E-state index is -4.92. The van der Waals surface area contributed by atoms with Gasteiger partial charge in [-0.15, -0.1) is 11.3 Å². The molecule has 7 nitrogen and oxygen atoms in total. The number of methoxy groups -OCH3 is 1. The van der Waals surface area contributed by atoms with Gasteiger partial charge < -0.3 is 9.29 Å². The third kappa shape index (κ3) is 7.82. The van der Waals surface area contributed by atoms with Crippen LogP contribution in [0.2, 0.25) is 5.02 Å². The molecule has 1 N–H and O–H groups in total. The van der Waals surface area contributed by atoms with Gasteiger partial charge in [-0.3, -0.25) is 9.45 Å². The van der Waals surface area contributed by atoms with Crippen LogP contribution >= 0.6 is 22.9 Å². The molecule has 1 aliphatic heterocycles. The summed E-state index contributed by atoms with van der Waals surface area (Å²) < 4.78 is 37.8. The van der Waals surface area contributed by atoms with Crippen molar-refractivity contribution in [3.05, 3.63) is 56.7 Å². The fourth-order valence-corrected chi connectivity index (χ4v) is 3.90. The summed E-state index contributed by atoms with van der Waals surface area (Å²) in [4.78, 5) is 15.8. The van der Waals surface area contributed by atoms with E-state index in [1.807, 2.05) is 24.3 Å². The van der Waals surface area contributed by atoms with Crippen molar-refractivity contribution in [1.29, 1.82) is 0 Å². The van der Waals surface area contributed by atoms with Crippen LogP contribution in [0, 0.1) is 0 Å². The van der Waals surface area contributed by atoms with Gasteiger partial charge in [0.25, 0.3) is 0 Å². The number of carbonyl (C=O) groups is 1. The normalized spacial score (nSPS) is 14.8. The molecule has 0 bridgehead atoms. The monoisotopic (exact) mass is 457 g/mol. The first-order valence-corrected chi connectivity index (χ1v) is 10.1. The van der Waals surface area contributed by atoms with Crippen molar-refractivity contribution in [2.75, 3.05) is 13.7 Å². The van der Waals surface area contributed by atoms with Gasteiger partial charge in [-0.05, 0) is 35.1 Å². The molecule has 3 rings (SSSR count). The minimum absolute atomic E-state index is 0. The van der Waals surface area contributed by atoms with Crippen molar-refractivity contribution < 1.29 is 78.4 Å². The smallest absolute Gasteiger partial charge is 0.726 e. The molecule has 0 radical (unpaired) electrons. The molecule has 1 atom stereocenters. The number of ether oxygens (including phenoxy) is 1. The quantitative estimate of drug-likeness (QED) is 0.291. The Balaban J connectivity index is 0.000000542. The third-order valence-corrected chi connectivity index (χ3v) is 5.19. The summed E-state index contributed by atoms with van der Waals surface area (Å²) in [6.45, 7) is 1.59. The van der Waals surface area contributed by atoms with Crippen molar-refractivity contribution in [2.45, 2.75) is 19.0 Å². The molecule has 0 fully saturated rings. The summed E-state index contributed by atoms with van der Waals surface area (Å²) in [5, 5.41) is 2.71. The van der Waals surface area contributed by atoms with Crippen molar-refractivity contribution in [1.82, 2.24) is 4.90 Å². The second kappa shape index (κ2) is 11.4. The van der Waals surface area contributed by atoms with Crippen LogP contribution in [-0.2, 0) is 32.9 Å². The van der Waals surface area contributed by atoms with Crippen LogP contribution < -0.4 is 51.4 Å². The van der Waals surface area contributed by atoms with Gasteiger partial charge in [-0.25, -0.2) is 13.2 Å². The fraction of sp³-hybridized carbons (Fsp3) is 0.312. The first-order valence-electron chi connectivity index (χ1n) is 7.50. The van der Waals surface area contributed by atoms with Crippen LogP contribution in [0.4, 0.5) is 0 Å². The van der Waals surface area contributed by atoms with Crippen LogP contribution in [0.5, 0.6) is 0 Å². The molecule has 1 aromatic heterocycles. The van der Waals surface area contributed by atoms with E-state index in [0.29, 0.717) is 5.02 Å². The number of thiophene rings is 1. The maximum Gasteiger partial charge on any atom is 1.00 e. The SMILES string of the molecule is COC(=O)[C@H](c1ccccc1Cl)N1CCc2sccc2C1.O=S(=O)([O-])O.[K+]. The molecule has 1 aromatic carbocycles. The van der Waals surface area contributed by atoms with E-state index in [-0.39, 0.29) is 57.4 Å². The molecule has 0 aliphatic carbocycles. The first kappa shape index (κ1) is 25.2. The molecule has 0 amide bonds. The summed E-state index contributed by atoms with van der Waals surface area (Å²) in [6.07, 6.45) is 0.963. The van der Waals surface area contributed by atoms with Gasteiger partial charge in [-0.2, -0.15) is 0 Å². The van der Waals surface area contributed by atoms with Crippen molar-refractivity contribution >= 4 is 39.3 Å². The number of nitrogens with zero attached hydrogens (tertiary/aromatic N) is 1. The largest absolute Gasteiger partial charge is 1.00 e. The molecule has 1 aliphatic rings. The van der Waals surface area contributed by atoms with E-state index in [1.54, 1.807) is 11.3 Å². The topological polar surface area (TPSA) is 107 Å². The van der Waals surface area contributed by atoms with E-state index < -0.39 is 16.4 Å². The zero-order chi connectivity index (χ0) is 19.3. The average molecular weight is 458 g/mol. The molecule has 2 aromatic rings. The Morgan fingerprint density at radius 1 is 1.37 bits per heavy atom. The van der Waals surface area contributed by atoms with Crippen LogP contribution in [0.3, 0.4) is 0 Å². The van der Waals surface area contributed by atoms with E-state index in [9.17, 15) is 4.79 Å². The number of fused-ring (bicyclic) bond motifs is 1. The third-order valence-electron chi connectivity index (χ3n) is 3.83. The van der Waals surface area contributed by atoms with Crippen LogP contribution in [0.1, 0.15) is 22.0 Å². The number of carbonyl (C=O) groups excluding carboxylic acids is 1. The molecule has 27 heavy (non-hydrogen) atoms. The van der Waals surface area contributed by atoms with Gasteiger partial charge >= 0.3 is 57.4 Å². The van der Waals surface area contributed by atoms with Gasteiger partial charge in [0.1, 0.15) is 6.04 Å². The fourth-order valence-electron chi connectivity index (χ4n) is 2.77. The molecule has 0 saturated heterocycles. The number of rotatable bonds is 3. The second-order valence-corrected chi connectivity index (χ2v) is 7.73. The van der Waals surface area contributed by atoms with E-state index >= 15 is 0 Å². The zero-order valence-corrected chi connectivity index (χ0v) is 20.3. The number of hydrogen-bond donors (Lipinski definition) is 1. The Morgan fingerprint density at radius 2 is 2.00 bits per heavy atom. The summed E-state index contributed by atoms with van der Waals surface area (Å²) in [6, 6.07) is 9.16. The Morgan fingerprint density at radius 3 is 2.59 bits per heavy atom. The molecule has 0 saturated carbocycles. The zero-order valence-electron chi connectivity index (χ0n) is 14.8.